The molecule has 1 unspecified atom stereocenters. The first-order valence-electron chi connectivity index (χ1n) is 11.4. The van der Waals surface area contributed by atoms with Crippen LogP contribution in [0.3, 0.4) is 0 Å². The van der Waals surface area contributed by atoms with Crippen LogP contribution < -0.4 is 0 Å². The highest BCUT2D eigenvalue weighted by molar-refractivity contribution is 6.30. The topological polar surface area (TPSA) is 108 Å². The van der Waals surface area contributed by atoms with Gasteiger partial charge in [-0.2, -0.15) is 0 Å². The standard InChI is InChI=1S/C24H35ClO8/c1-4-30-21(26)20(24(29,22(27)31-5-2)23(28)32-6-3)33-17-11-9-7-8-10-12-18-13-15-19(25)16-14-18/h13-16,20,29H,4-12,17H2,1-3H3. The van der Waals surface area contributed by atoms with Crippen LogP contribution in [0.4, 0.5) is 0 Å². The van der Waals surface area contributed by atoms with Gasteiger partial charge in [0.25, 0.3) is 5.60 Å². The van der Waals surface area contributed by atoms with E-state index < -0.39 is 29.6 Å². The third-order valence-electron chi connectivity index (χ3n) is 4.86. The van der Waals surface area contributed by atoms with E-state index >= 15 is 0 Å². The third-order valence-corrected chi connectivity index (χ3v) is 5.11. The molecule has 1 aromatic rings. The number of hydrogen-bond acceptors (Lipinski definition) is 8. The molecular weight excluding hydrogens is 452 g/mol. The maximum absolute atomic E-state index is 12.4. The molecule has 0 aromatic heterocycles. The van der Waals surface area contributed by atoms with Gasteiger partial charge >= 0.3 is 17.9 Å². The molecule has 0 saturated heterocycles. The number of carbonyl (C=O) groups is 3. The van der Waals surface area contributed by atoms with Gasteiger partial charge in [0.1, 0.15) is 0 Å². The summed E-state index contributed by atoms with van der Waals surface area (Å²) >= 11 is 5.89. The first-order valence-corrected chi connectivity index (χ1v) is 11.8. The van der Waals surface area contributed by atoms with Gasteiger partial charge in [-0.15, -0.1) is 0 Å². The number of halogens is 1. The lowest BCUT2D eigenvalue weighted by Gasteiger charge is -2.30. The minimum absolute atomic E-state index is 0.0198. The van der Waals surface area contributed by atoms with Crippen LogP contribution in [0, 0.1) is 0 Å². The van der Waals surface area contributed by atoms with Crippen molar-refractivity contribution in [1.82, 2.24) is 0 Å². The smallest absolute Gasteiger partial charge is 0.353 e. The molecule has 0 spiro atoms. The average Bonchev–Trinajstić information content (AvgIpc) is 2.79. The van der Waals surface area contributed by atoms with Crippen molar-refractivity contribution < 1.29 is 38.4 Å². The molecule has 1 aromatic carbocycles. The first-order chi connectivity index (χ1) is 15.8. The molecule has 33 heavy (non-hydrogen) atoms. The Kier molecular flexibility index (Phi) is 13.7. The highest BCUT2D eigenvalue weighted by atomic mass is 35.5. The number of benzene rings is 1. The summed E-state index contributed by atoms with van der Waals surface area (Å²) in [6.45, 7) is 4.40. The van der Waals surface area contributed by atoms with Crippen LogP contribution in [0.15, 0.2) is 24.3 Å². The minimum atomic E-state index is -2.95. The summed E-state index contributed by atoms with van der Waals surface area (Å²) in [5, 5.41) is 11.6. The number of unbranched alkanes of at least 4 members (excludes halogenated alkanes) is 4. The third kappa shape index (κ3) is 9.31. The van der Waals surface area contributed by atoms with Gasteiger partial charge < -0.3 is 24.1 Å². The van der Waals surface area contributed by atoms with Crippen molar-refractivity contribution in [2.75, 3.05) is 26.4 Å². The zero-order valence-corrected chi connectivity index (χ0v) is 20.4. The number of aliphatic hydroxyl groups is 1. The van der Waals surface area contributed by atoms with Crippen LogP contribution in [0.1, 0.15) is 58.4 Å². The number of ether oxygens (including phenoxy) is 4. The largest absolute Gasteiger partial charge is 0.464 e. The Morgan fingerprint density at radius 1 is 0.848 bits per heavy atom. The van der Waals surface area contributed by atoms with Crippen LogP contribution in [0.25, 0.3) is 0 Å². The Labute approximate surface area is 200 Å². The number of rotatable bonds is 16. The molecule has 0 aliphatic carbocycles. The molecule has 0 aliphatic heterocycles. The molecule has 1 rings (SSSR count). The van der Waals surface area contributed by atoms with Crippen molar-refractivity contribution in [3.8, 4) is 0 Å². The zero-order chi connectivity index (χ0) is 24.7. The van der Waals surface area contributed by atoms with Crippen LogP contribution in [0.5, 0.6) is 0 Å². The van der Waals surface area contributed by atoms with Crippen LogP contribution in [-0.4, -0.2) is 61.1 Å². The van der Waals surface area contributed by atoms with Gasteiger partial charge in [-0.25, -0.2) is 14.4 Å². The molecule has 186 valence electrons. The van der Waals surface area contributed by atoms with Crippen molar-refractivity contribution in [3.63, 3.8) is 0 Å². The van der Waals surface area contributed by atoms with Crippen LogP contribution in [-0.2, 0) is 39.8 Å². The zero-order valence-electron chi connectivity index (χ0n) is 19.6. The second-order valence-electron chi connectivity index (χ2n) is 7.35. The van der Waals surface area contributed by atoms with E-state index in [2.05, 4.69) is 0 Å². The summed E-state index contributed by atoms with van der Waals surface area (Å²) in [5.41, 5.74) is -1.71. The lowest BCUT2D eigenvalue weighted by Crippen LogP contribution is -2.61. The fourth-order valence-electron chi connectivity index (χ4n) is 3.17. The molecule has 0 saturated carbocycles. The van der Waals surface area contributed by atoms with E-state index in [4.69, 9.17) is 30.5 Å². The second-order valence-corrected chi connectivity index (χ2v) is 7.79. The van der Waals surface area contributed by atoms with E-state index in [9.17, 15) is 19.5 Å². The van der Waals surface area contributed by atoms with Crippen LogP contribution >= 0.6 is 11.6 Å². The summed E-state index contributed by atoms with van der Waals surface area (Å²) in [5.74, 6) is -3.67. The Morgan fingerprint density at radius 2 is 1.36 bits per heavy atom. The summed E-state index contributed by atoms with van der Waals surface area (Å²) in [7, 11) is 0. The summed E-state index contributed by atoms with van der Waals surface area (Å²) in [4.78, 5) is 37.2. The molecule has 0 amide bonds. The van der Waals surface area contributed by atoms with Crippen molar-refractivity contribution in [2.45, 2.75) is 71.0 Å². The quantitative estimate of drug-likeness (QED) is 0.163. The molecule has 1 N–H and O–H groups in total. The first kappa shape index (κ1) is 28.9. The summed E-state index contributed by atoms with van der Waals surface area (Å²) < 4.78 is 20.1. The lowest BCUT2D eigenvalue weighted by atomic mass is 9.96. The van der Waals surface area contributed by atoms with Crippen molar-refractivity contribution in [2.24, 2.45) is 0 Å². The van der Waals surface area contributed by atoms with Crippen molar-refractivity contribution in [3.05, 3.63) is 34.9 Å². The number of hydrogen-bond donors (Lipinski definition) is 1. The van der Waals surface area contributed by atoms with E-state index in [0.29, 0.717) is 6.42 Å². The van der Waals surface area contributed by atoms with Crippen molar-refractivity contribution >= 4 is 29.5 Å². The van der Waals surface area contributed by atoms with E-state index in [1.54, 1.807) is 6.92 Å². The van der Waals surface area contributed by atoms with Gasteiger partial charge in [0.05, 0.1) is 19.8 Å². The van der Waals surface area contributed by atoms with Gasteiger partial charge in [0.2, 0.25) is 6.10 Å². The molecule has 8 nitrogen and oxygen atoms in total. The molecule has 1 atom stereocenters. The average molecular weight is 487 g/mol. The Hall–Kier alpha value is -2.16. The fraction of sp³-hybridized carbons (Fsp3) is 0.625. The van der Waals surface area contributed by atoms with E-state index in [0.717, 1.165) is 37.1 Å². The normalized spacial score (nSPS) is 12.2. The highest BCUT2D eigenvalue weighted by Crippen LogP contribution is 2.22. The predicted molar refractivity (Wildman–Crippen MR) is 123 cm³/mol. The Bertz CT molecular complexity index is 716. The molecule has 0 heterocycles. The molecular formula is C24H35ClO8. The molecule has 9 heteroatoms. The minimum Gasteiger partial charge on any atom is -0.464 e. The van der Waals surface area contributed by atoms with Gasteiger partial charge in [0, 0.05) is 11.6 Å². The van der Waals surface area contributed by atoms with Crippen molar-refractivity contribution in [1.29, 1.82) is 0 Å². The number of carbonyl (C=O) groups excluding carboxylic acids is 3. The van der Waals surface area contributed by atoms with Gasteiger partial charge in [-0.05, 0) is 57.7 Å². The molecule has 0 aliphatic rings. The van der Waals surface area contributed by atoms with Gasteiger partial charge in [-0.3, -0.25) is 0 Å². The molecule has 0 fully saturated rings. The highest BCUT2D eigenvalue weighted by Gasteiger charge is 2.58. The SMILES string of the molecule is CCOC(=O)C(OCCCCCCCc1ccc(Cl)cc1)C(O)(C(=O)OCC)C(=O)OCC. The van der Waals surface area contributed by atoms with E-state index in [1.165, 1.54) is 19.4 Å². The van der Waals surface area contributed by atoms with E-state index in [1.807, 2.05) is 24.3 Å². The summed E-state index contributed by atoms with van der Waals surface area (Å²) in [6.07, 6.45) is 3.44. The summed E-state index contributed by atoms with van der Waals surface area (Å²) in [6, 6.07) is 7.78. The Morgan fingerprint density at radius 3 is 1.91 bits per heavy atom. The number of esters is 3. The Balaban J connectivity index is 2.60. The molecule has 0 radical (unpaired) electrons. The monoisotopic (exact) mass is 486 g/mol. The number of aryl methyl sites for hydroxylation is 1. The fourth-order valence-corrected chi connectivity index (χ4v) is 3.30. The predicted octanol–water partition coefficient (Wildman–Crippen LogP) is 3.64. The lowest BCUT2D eigenvalue weighted by molar-refractivity contribution is -0.208. The maximum Gasteiger partial charge on any atom is 0.353 e. The second kappa shape index (κ2) is 15.6. The maximum atomic E-state index is 12.4. The molecule has 0 bridgehead atoms. The van der Waals surface area contributed by atoms with Gasteiger partial charge in [0.15, 0.2) is 0 Å². The van der Waals surface area contributed by atoms with Crippen LogP contribution in [0.2, 0.25) is 5.02 Å². The van der Waals surface area contributed by atoms with Gasteiger partial charge in [-0.1, -0.05) is 43.0 Å². The van der Waals surface area contributed by atoms with E-state index in [-0.39, 0.29) is 26.4 Å².